The van der Waals surface area contributed by atoms with Crippen LogP contribution in [0.4, 0.5) is 0 Å². The first-order valence-corrected chi connectivity index (χ1v) is 13.1. The molecule has 1 aromatic heterocycles. The van der Waals surface area contributed by atoms with Crippen molar-refractivity contribution in [2.24, 2.45) is 17.8 Å². The average Bonchev–Trinajstić information content (AvgIpc) is 3.13. The summed E-state index contributed by atoms with van der Waals surface area (Å²) in [6, 6.07) is 8.62. The highest BCUT2D eigenvalue weighted by Gasteiger charge is 2.64. The summed E-state index contributed by atoms with van der Waals surface area (Å²) in [6.07, 6.45) is 14.4. The van der Waals surface area contributed by atoms with Gasteiger partial charge in [0.15, 0.2) is 0 Å². The van der Waals surface area contributed by atoms with E-state index in [0.717, 1.165) is 36.1 Å². The van der Waals surface area contributed by atoms with Gasteiger partial charge in [-0.1, -0.05) is 31.4 Å². The number of rotatable bonds is 3. The van der Waals surface area contributed by atoms with E-state index in [0.29, 0.717) is 23.1 Å². The van der Waals surface area contributed by atoms with Crippen molar-refractivity contribution < 1.29 is 9.90 Å². The van der Waals surface area contributed by atoms with E-state index in [-0.39, 0.29) is 11.7 Å². The smallest absolute Gasteiger partial charge is 0.360 e. The van der Waals surface area contributed by atoms with Crippen molar-refractivity contribution in [2.75, 3.05) is 0 Å². The average molecular weight is 448 g/mol. The predicted octanol–water partition coefficient (Wildman–Crippen LogP) is 4.62. The minimum absolute atomic E-state index is 0.0524. The van der Waals surface area contributed by atoms with Crippen LogP contribution in [0.1, 0.15) is 87.2 Å². The van der Waals surface area contributed by atoms with E-state index < -0.39 is 11.5 Å². The standard InChI is InChI=1S/C27H33N3O3/c31-25-24(26(32)33)28-22-6-1-2-7-23(22)29(25)20-13-19-8-9-27(15-21(14-20)30(19)27)18-11-16-4-3-5-17(10-16)12-18/h1-2,6-7,16-21H,3-5,8-15H2,(H,32,33)/t16-,17+,18?,19?,20?,21?,27-/m0/s1. The Morgan fingerprint density at radius 2 is 1.73 bits per heavy atom. The van der Waals surface area contributed by atoms with Crippen LogP contribution in [0.2, 0.25) is 0 Å². The van der Waals surface area contributed by atoms with Crippen molar-refractivity contribution in [2.45, 2.75) is 94.3 Å². The van der Waals surface area contributed by atoms with Crippen LogP contribution >= 0.6 is 0 Å². The molecule has 2 aromatic rings. The quantitative estimate of drug-likeness (QED) is 0.743. The summed E-state index contributed by atoms with van der Waals surface area (Å²) in [5.74, 6) is 1.55. The Bertz CT molecular complexity index is 1180. The number of carboxylic acids is 1. The fourth-order valence-electron chi connectivity index (χ4n) is 9.08. The van der Waals surface area contributed by atoms with Gasteiger partial charge < -0.3 is 9.67 Å². The van der Waals surface area contributed by atoms with Gasteiger partial charge in [-0.05, 0) is 81.3 Å². The number of nitrogens with zero attached hydrogens (tertiary/aromatic N) is 3. The maximum atomic E-state index is 13.3. The summed E-state index contributed by atoms with van der Waals surface area (Å²) in [5, 5.41) is 9.62. The third-order valence-electron chi connectivity index (χ3n) is 10.1. The van der Waals surface area contributed by atoms with Gasteiger partial charge in [0.2, 0.25) is 5.69 Å². The summed E-state index contributed by atoms with van der Waals surface area (Å²) in [5.41, 5.74) is 1.00. The van der Waals surface area contributed by atoms with Crippen molar-refractivity contribution in [3.63, 3.8) is 0 Å². The third-order valence-corrected chi connectivity index (χ3v) is 10.1. The van der Waals surface area contributed by atoms with Gasteiger partial charge in [0.05, 0.1) is 11.0 Å². The number of hydrogen-bond donors (Lipinski definition) is 1. The fraction of sp³-hybridized carbons (Fsp3) is 0.667. The van der Waals surface area contributed by atoms with Crippen LogP contribution in [-0.4, -0.2) is 43.1 Å². The Kier molecular flexibility index (Phi) is 4.37. The number of aromatic carboxylic acids is 1. The van der Waals surface area contributed by atoms with E-state index in [9.17, 15) is 14.7 Å². The Balaban J connectivity index is 1.21. The second kappa shape index (κ2) is 7.14. The van der Waals surface area contributed by atoms with Gasteiger partial charge in [0.1, 0.15) is 0 Å². The molecule has 0 spiro atoms. The van der Waals surface area contributed by atoms with Gasteiger partial charge in [-0.25, -0.2) is 9.78 Å². The van der Waals surface area contributed by atoms with Gasteiger partial charge in [-0.2, -0.15) is 0 Å². The molecule has 7 atom stereocenters. The lowest BCUT2D eigenvalue weighted by atomic mass is 9.57. The van der Waals surface area contributed by atoms with E-state index in [1.165, 1.54) is 57.8 Å². The van der Waals surface area contributed by atoms with Gasteiger partial charge >= 0.3 is 5.97 Å². The Morgan fingerprint density at radius 3 is 2.52 bits per heavy atom. The largest absolute Gasteiger partial charge is 0.476 e. The van der Waals surface area contributed by atoms with E-state index >= 15 is 0 Å². The monoisotopic (exact) mass is 447 g/mol. The zero-order valence-corrected chi connectivity index (χ0v) is 19.2. The summed E-state index contributed by atoms with van der Waals surface area (Å²) < 4.78 is 1.78. The molecule has 2 aliphatic carbocycles. The maximum Gasteiger partial charge on any atom is 0.360 e. The molecule has 6 nitrogen and oxygen atoms in total. The van der Waals surface area contributed by atoms with Crippen molar-refractivity contribution in [3.8, 4) is 0 Å². The van der Waals surface area contributed by atoms with Gasteiger partial charge in [0.25, 0.3) is 5.56 Å². The number of carbonyl (C=O) groups is 1. The summed E-state index contributed by atoms with van der Waals surface area (Å²) in [6.45, 7) is 0. The lowest BCUT2D eigenvalue weighted by Crippen LogP contribution is -2.70. The summed E-state index contributed by atoms with van der Waals surface area (Å²) in [7, 11) is 0. The van der Waals surface area contributed by atoms with E-state index in [1.807, 2.05) is 24.3 Å². The first-order valence-electron chi connectivity index (χ1n) is 13.1. The van der Waals surface area contributed by atoms with E-state index in [4.69, 9.17) is 0 Å². The number of aromatic nitrogens is 2. The van der Waals surface area contributed by atoms with Gasteiger partial charge in [-0.15, -0.1) is 0 Å². The third kappa shape index (κ3) is 2.85. The minimum Gasteiger partial charge on any atom is -0.476 e. The van der Waals surface area contributed by atoms with Crippen molar-refractivity contribution in [1.82, 2.24) is 14.5 Å². The molecule has 0 radical (unpaired) electrons. The fourth-order valence-corrected chi connectivity index (χ4v) is 9.08. The van der Waals surface area contributed by atoms with E-state index in [2.05, 4.69) is 9.88 Å². The number of fused-ring (bicyclic) bond motifs is 3. The Hall–Kier alpha value is -2.21. The van der Waals surface area contributed by atoms with Crippen molar-refractivity contribution in [1.29, 1.82) is 0 Å². The molecule has 174 valence electrons. The van der Waals surface area contributed by atoms with Crippen LogP contribution in [0.15, 0.2) is 29.1 Å². The highest BCUT2D eigenvalue weighted by atomic mass is 16.4. The van der Waals surface area contributed by atoms with Crippen molar-refractivity contribution >= 4 is 17.0 Å². The zero-order valence-electron chi connectivity index (χ0n) is 19.2. The van der Waals surface area contributed by atoms with Crippen LogP contribution in [0.3, 0.4) is 0 Å². The van der Waals surface area contributed by atoms with Gasteiger partial charge in [-0.3, -0.25) is 9.69 Å². The van der Waals surface area contributed by atoms with Crippen LogP contribution in [-0.2, 0) is 0 Å². The topological polar surface area (TPSA) is 75.4 Å². The second-order valence-corrected chi connectivity index (χ2v) is 11.7. The molecule has 4 heterocycles. The Labute approximate surface area is 194 Å². The normalized spacial score (nSPS) is 39.8. The predicted molar refractivity (Wildman–Crippen MR) is 125 cm³/mol. The lowest BCUT2D eigenvalue weighted by molar-refractivity contribution is -0.145. The zero-order chi connectivity index (χ0) is 22.3. The highest BCUT2D eigenvalue weighted by Crippen LogP contribution is 2.62. The minimum atomic E-state index is -1.23. The van der Waals surface area contributed by atoms with Crippen LogP contribution < -0.4 is 5.56 Å². The first kappa shape index (κ1) is 20.2. The first-order chi connectivity index (χ1) is 16.0. The van der Waals surface area contributed by atoms with E-state index in [1.54, 1.807) is 4.57 Å². The van der Waals surface area contributed by atoms with Crippen molar-refractivity contribution in [3.05, 3.63) is 40.3 Å². The lowest BCUT2D eigenvalue weighted by Gasteiger charge is -2.65. The summed E-state index contributed by atoms with van der Waals surface area (Å²) >= 11 is 0. The molecule has 3 saturated heterocycles. The van der Waals surface area contributed by atoms with Crippen LogP contribution in [0.5, 0.6) is 0 Å². The maximum absolute atomic E-state index is 13.3. The molecular formula is C27H33N3O3. The molecule has 7 rings (SSSR count). The molecule has 2 saturated carbocycles. The number of para-hydroxylation sites is 2. The highest BCUT2D eigenvalue weighted by molar-refractivity contribution is 5.88. The molecule has 3 aliphatic heterocycles. The van der Waals surface area contributed by atoms with Crippen LogP contribution in [0, 0.1) is 17.8 Å². The molecule has 0 amide bonds. The molecule has 5 aliphatic rings. The number of piperidine rings is 1. The molecule has 6 heteroatoms. The van der Waals surface area contributed by atoms with Crippen LogP contribution in [0.25, 0.3) is 11.0 Å². The molecule has 1 aromatic carbocycles. The number of benzene rings is 1. The molecule has 1 N–H and O–H groups in total. The molecule has 33 heavy (non-hydrogen) atoms. The molecular weight excluding hydrogens is 414 g/mol. The molecule has 2 bridgehead atoms. The molecule has 4 unspecified atom stereocenters. The number of carboxylic acid groups (broad SMARTS) is 1. The summed E-state index contributed by atoms with van der Waals surface area (Å²) in [4.78, 5) is 32.1. The second-order valence-electron chi connectivity index (χ2n) is 11.7. The SMILES string of the molecule is O=C(O)c1nc2ccccc2n(C2CC3CC[C@@]4(C5C[C@H]6CCC[C@@H](C5)C6)CC(C2)N34)c1=O. The number of hydrogen-bond acceptors (Lipinski definition) is 4. The molecule has 5 fully saturated rings. The van der Waals surface area contributed by atoms with Gasteiger partial charge in [0, 0.05) is 23.7 Å². The Morgan fingerprint density at radius 1 is 0.970 bits per heavy atom.